The van der Waals surface area contributed by atoms with Crippen LogP contribution in [0.2, 0.25) is 0 Å². The normalized spacial score (nSPS) is 38.1. The van der Waals surface area contributed by atoms with Crippen molar-refractivity contribution in [2.45, 2.75) is 64.0 Å². The van der Waals surface area contributed by atoms with E-state index in [1.165, 1.54) is 38.5 Å². The van der Waals surface area contributed by atoms with Crippen molar-refractivity contribution < 1.29 is 4.74 Å². The molecule has 2 unspecified atom stereocenters. The Kier molecular flexibility index (Phi) is 3.91. The Labute approximate surface area is 100 Å². The van der Waals surface area contributed by atoms with Crippen LogP contribution < -0.4 is 5.32 Å². The van der Waals surface area contributed by atoms with Crippen molar-refractivity contribution in [2.75, 3.05) is 13.7 Å². The predicted molar refractivity (Wildman–Crippen MR) is 67.6 cm³/mol. The van der Waals surface area contributed by atoms with E-state index >= 15 is 0 Å². The molecule has 2 saturated carbocycles. The lowest BCUT2D eigenvalue weighted by molar-refractivity contribution is -0.0733. The third-order valence-corrected chi connectivity index (χ3v) is 4.90. The SMILES string of the molecule is COC1(CNC2C(C)CCCC2C)CCC1. The molecule has 2 atom stereocenters. The van der Waals surface area contributed by atoms with Crippen molar-refractivity contribution in [3.05, 3.63) is 0 Å². The van der Waals surface area contributed by atoms with Gasteiger partial charge in [-0.25, -0.2) is 0 Å². The third-order valence-electron chi connectivity index (χ3n) is 4.90. The van der Waals surface area contributed by atoms with Gasteiger partial charge in [0, 0.05) is 19.7 Å². The molecule has 0 radical (unpaired) electrons. The van der Waals surface area contributed by atoms with E-state index in [9.17, 15) is 0 Å². The van der Waals surface area contributed by atoms with Crippen LogP contribution in [0, 0.1) is 11.8 Å². The van der Waals surface area contributed by atoms with Crippen molar-refractivity contribution in [1.82, 2.24) is 5.32 Å². The number of hydrogen-bond acceptors (Lipinski definition) is 2. The van der Waals surface area contributed by atoms with Gasteiger partial charge in [-0.05, 0) is 43.9 Å². The fourth-order valence-electron chi connectivity index (χ4n) is 3.41. The summed E-state index contributed by atoms with van der Waals surface area (Å²) in [5.74, 6) is 1.66. The van der Waals surface area contributed by atoms with Crippen molar-refractivity contribution in [3.8, 4) is 0 Å². The van der Waals surface area contributed by atoms with Gasteiger partial charge in [0.1, 0.15) is 0 Å². The highest BCUT2D eigenvalue weighted by atomic mass is 16.5. The van der Waals surface area contributed by atoms with Crippen LogP contribution in [0.4, 0.5) is 0 Å². The molecule has 0 aliphatic heterocycles. The van der Waals surface area contributed by atoms with Crippen molar-refractivity contribution >= 4 is 0 Å². The van der Waals surface area contributed by atoms with E-state index in [4.69, 9.17) is 4.74 Å². The highest BCUT2D eigenvalue weighted by Crippen LogP contribution is 2.35. The second-order valence-corrected chi connectivity index (χ2v) is 6.03. The largest absolute Gasteiger partial charge is 0.377 e. The van der Waals surface area contributed by atoms with Gasteiger partial charge in [-0.15, -0.1) is 0 Å². The molecule has 94 valence electrons. The molecule has 0 heterocycles. The van der Waals surface area contributed by atoms with Gasteiger partial charge in [-0.3, -0.25) is 0 Å². The smallest absolute Gasteiger partial charge is 0.0802 e. The van der Waals surface area contributed by atoms with E-state index in [-0.39, 0.29) is 5.60 Å². The van der Waals surface area contributed by atoms with Crippen molar-refractivity contribution in [3.63, 3.8) is 0 Å². The summed E-state index contributed by atoms with van der Waals surface area (Å²) in [6, 6.07) is 0.710. The maximum absolute atomic E-state index is 5.67. The summed E-state index contributed by atoms with van der Waals surface area (Å²) in [5.41, 5.74) is 0.177. The lowest BCUT2D eigenvalue weighted by Gasteiger charge is -2.44. The Hall–Kier alpha value is -0.0800. The quantitative estimate of drug-likeness (QED) is 0.794. The molecular weight excluding hydrogens is 198 g/mol. The Morgan fingerprint density at radius 2 is 1.75 bits per heavy atom. The molecule has 0 bridgehead atoms. The molecule has 2 fully saturated rings. The number of rotatable bonds is 4. The van der Waals surface area contributed by atoms with Gasteiger partial charge in [0.25, 0.3) is 0 Å². The molecule has 2 rings (SSSR count). The minimum absolute atomic E-state index is 0.177. The number of methoxy groups -OCH3 is 1. The van der Waals surface area contributed by atoms with Gasteiger partial charge in [-0.2, -0.15) is 0 Å². The molecule has 2 heteroatoms. The van der Waals surface area contributed by atoms with E-state index in [1.54, 1.807) is 0 Å². The summed E-state index contributed by atoms with van der Waals surface area (Å²) >= 11 is 0. The Balaban J connectivity index is 1.83. The summed E-state index contributed by atoms with van der Waals surface area (Å²) in [6.45, 7) is 5.85. The van der Waals surface area contributed by atoms with E-state index in [0.29, 0.717) is 6.04 Å². The summed E-state index contributed by atoms with van der Waals surface area (Å²) in [6.07, 6.45) is 8.02. The monoisotopic (exact) mass is 225 g/mol. The minimum Gasteiger partial charge on any atom is -0.377 e. The molecule has 2 aliphatic rings. The van der Waals surface area contributed by atoms with Crippen LogP contribution in [0.25, 0.3) is 0 Å². The van der Waals surface area contributed by atoms with Gasteiger partial charge < -0.3 is 10.1 Å². The standard InChI is InChI=1S/C14H27NO/c1-11-6-4-7-12(2)13(11)15-10-14(16-3)8-5-9-14/h11-13,15H,4-10H2,1-3H3. The molecule has 16 heavy (non-hydrogen) atoms. The molecule has 2 nitrogen and oxygen atoms in total. The average Bonchev–Trinajstić information content (AvgIpc) is 2.20. The highest BCUT2D eigenvalue weighted by molar-refractivity contribution is 4.94. The van der Waals surface area contributed by atoms with E-state index in [1.807, 2.05) is 7.11 Å². The minimum atomic E-state index is 0.177. The molecule has 0 spiro atoms. The fourth-order valence-corrected chi connectivity index (χ4v) is 3.41. The number of hydrogen-bond donors (Lipinski definition) is 1. The molecule has 0 amide bonds. The number of nitrogens with one attached hydrogen (secondary N) is 1. The Morgan fingerprint density at radius 3 is 2.19 bits per heavy atom. The fraction of sp³-hybridized carbons (Fsp3) is 1.00. The lowest BCUT2D eigenvalue weighted by Crippen LogP contribution is -2.53. The van der Waals surface area contributed by atoms with E-state index in [0.717, 1.165) is 18.4 Å². The summed E-state index contributed by atoms with van der Waals surface area (Å²) in [5, 5.41) is 3.79. The zero-order valence-electron chi connectivity index (χ0n) is 11.1. The van der Waals surface area contributed by atoms with Crippen LogP contribution >= 0.6 is 0 Å². The zero-order valence-corrected chi connectivity index (χ0v) is 11.1. The van der Waals surface area contributed by atoms with Crippen molar-refractivity contribution in [2.24, 2.45) is 11.8 Å². The molecule has 0 aromatic heterocycles. The van der Waals surface area contributed by atoms with Crippen LogP contribution in [0.1, 0.15) is 52.4 Å². The molecular formula is C14H27NO. The first kappa shape index (κ1) is 12.4. The van der Waals surface area contributed by atoms with Gasteiger partial charge in [0.05, 0.1) is 5.60 Å². The van der Waals surface area contributed by atoms with Gasteiger partial charge >= 0.3 is 0 Å². The van der Waals surface area contributed by atoms with Gasteiger partial charge in [0.2, 0.25) is 0 Å². The average molecular weight is 225 g/mol. The maximum Gasteiger partial charge on any atom is 0.0802 e. The summed E-state index contributed by atoms with van der Waals surface area (Å²) < 4.78 is 5.67. The van der Waals surface area contributed by atoms with E-state index in [2.05, 4.69) is 19.2 Å². The van der Waals surface area contributed by atoms with E-state index < -0.39 is 0 Å². The topological polar surface area (TPSA) is 21.3 Å². The molecule has 1 N–H and O–H groups in total. The van der Waals surface area contributed by atoms with Gasteiger partial charge in [0.15, 0.2) is 0 Å². The highest BCUT2D eigenvalue weighted by Gasteiger charge is 2.38. The van der Waals surface area contributed by atoms with Crippen molar-refractivity contribution in [1.29, 1.82) is 0 Å². The molecule has 0 aromatic carbocycles. The number of ether oxygens (including phenoxy) is 1. The molecule has 2 aliphatic carbocycles. The summed E-state index contributed by atoms with van der Waals surface area (Å²) in [4.78, 5) is 0. The van der Waals surface area contributed by atoms with Crippen LogP contribution in [0.15, 0.2) is 0 Å². The van der Waals surface area contributed by atoms with Crippen LogP contribution in [0.3, 0.4) is 0 Å². The predicted octanol–water partition coefficient (Wildman–Crippen LogP) is 2.97. The second kappa shape index (κ2) is 5.05. The third kappa shape index (κ3) is 2.43. The zero-order chi connectivity index (χ0) is 11.6. The molecule has 0 aromatic rings. The first-order valence-corrected chi connectivity index (χ1v) is 6.95. The first-order valence-electron chi connectivity index (χ1n) is 6.95. The Bertz CT molecular complexity index is 209. The Morgan fingerprint density at radius 1 is 1.12 bits per heavy atom. The van der Waals surface area contributed by atoms with Gasteiger partial charge in [-0.1, -0.05) is 20.3 Å². The first-order chi connectivity index (χ1) is 7.67. The van der Waals surface area contributed by atoms with Crippen LogP contribution in [-0.2, 0) is 4.74 Å². The summed E-state index contributed by atoms with van der Waals surface area (Å²) in [7, 11) is 1.87. The van der Waals surface area contributed by atoms with Crippen LogP contribution in [0.5, 0.6) is 0 Å². The lowest BCUT2D eigenvalue weighted by atomic mass is 9.76. The molecule has 0 saturated heterocycles. The van der Waals surface area contributed by atoms with Crippen LogP contribution in [-0.4, -0.2) is 25.3 Å². The maximum atomic E-state index is 5.67. The second-order valence-electron chi connectivity index (χ2n) is 6.03.